The Morgan fingerprint density at radius 2 is 1.38 bits per heavy atom. The molecule has 3 aromatic heterocycles. The van der Waals surface area contributed by atoms with Gasteiger partial charge < -0.3 is 14.4 Å². The molecular formula is C39H26N3O2Pt-. The Balaban J connectivity index is 0.00000325. The summed E-state index contributed by atoms with van der Waals surface area (Å²) in [4.78, 5) is 9.54. The molecule has 0 aliphatic heterocycles. The van der Waals surface area contributed by atoms with E-state index in [1.165, 1.54) is 0 Å². The predicted octanol–water partition coefficient (Wildman–Crippen LogP) is 9.66. The van der Waals surface area contributed by atoms with Crippen LogP contribution >= 0.6 is 0 Å². The van der Waals surface area contributed by atoms with Crippen molar-refractivity contribution in [2.75, 3.05) is 0 Å². The van der Waals surface area contributed by atoms with E-state index in [4.69, 9.17) is 9.72 Å². The van der Waals surface area contributed by atoms with Gasteiger partial charge in [0.05, 0.1) is 0 Å². The van der Waals surface area contributed by atoms with Gasteiger partial charge in [-0.2, -0.15) is 6.07 Å². The number of aromatic hydroxyl groups is 1. The van der Waals surface area contributed by atoms with E-state index in [9.17, 15) is 5.11 Å². The number of fused-ring (bicyclic) bond motifs is 4. The Bertz CT molecular complexity index is 2320. The minimum atomic E-state index is 0. The molecule has 0 atom stereocenters. The molecule has 8 aromatic rings. The van der Waals surface area contributed by atoms with Crippen LogP contribution in [0.5, 0.6) is 17.4 Å². The number of benzene rings is 5. The summed E-state index contributed by atoms with van der Waals surface area (Å²) in [6.07, 6.45) is 1.91. The maximum absolute atomic E-state index is 10.4. The maximum Gasteiger partial charge on any atom is 0.217 e. The quantitative estimate of drug-likeness (QED) is 0.178. The van der Waals surface area contributed by atoms with Crippen molar-refractivity contribution in [3.8, 4) is 45.5 Å². The fourth-order valence-electron chi connectivity index (χ4n) is 5.89. The molecule has 0 unspecified atom stereocenters. The predicted molar refractivity (Wildman–Crippen MR) is 177 cm³/mol. The van der Waals surface area contributed by atoms with Gasteiger partial charge in [0, 0.05) is 55.5 Å². The zero-order valence-electron chi connectivity index (χ0n) is 24.2. The number of hydrogen-bond acceptors (Lipinski definition) is 4. The average Bonchev–Trinajstić information content (AvgIpc) is 3.39. The van der Waals surface area contributed by atoms with E-state index in [1.54, 1.807) is 6.07 Å². The van der Waals surface area contributed by atoms with E-state index in [-0.39, 0.29) is 26.8 Å². The van der Waals surface area contributed by atoms with Gasteiger partial charge in [-0.3, -0.25) is 0 Å². The molecule has 5 aromatic carbocycles. The van der Waals surface area contributed by atoms with Gasteiger partial charge in [-0.25, -0.2) is 9.97 Å². The summed E-state index contributed by atoms with van der Waals surface area (Å²) in [6.45, 7) is 1.98. The van der Waals surface area contributed by atoms with Crippen LogP contribution in [0.15, 0.2) is 134 Å². The van der Waals surface area contributed by atoms with Gasteiger partial charge in [-0.05, 0) is 58.8 Å². The van der Waals surface area contributed by atoms with E-state index in [2.05, 4.69) is 88.4 Å². The van der Waals surface area contributed by atoms with Crippen molar-refractivity contribution < 1.29 is 30.9 Å². The van der Waals surface area contributed by atoms with Crippen LogP contribution in [0.4, 0.5) is 0 Å². The smallest absolute Gasteiger partial charge is 0.217 e. The van der Waals surface area contributed by atoms with E-state index < -0.39 is 0 Å². The zero-order valence-corrected chi connectivity index (χ0v) is 26.5. The van der Waals surface area contributed by atoms with Crippen LogP contribution in [0.3, 0.4) is 0 Å². The second kappa shape index (κ2) is 11.7. The Hall–Kier alpha value is -5.25. The number of ether oxygens (including phenoxy) is 1. The number of aryl methyl sites for hydroxylation is 1. The van der Waals surface area contributed by atoms with Crippen molar-refractivity contribution >= 4 is 32.7 Å². The topological polar surface area (TPSA) is 60.2 Å². The van der Waals surface area contributed by atoms with Gasteiger partial charge in [-0.15, -0.1) is 17.5 Å². The number of nitrogens with zero attached hydrogens (tertiary/aromatic N) is 3. The number of hydrogen-bond donors (Lipinski definition) is 1. The molecule has 0 bridgehead atoms. The molecular weight excluding hydrogens is 738 g/mol. The number of para-hydroxylation sites is 1. The molecule has 220 valence electrons. The van der Waals surface area contributed by atoms with Crippen molar-refractivity contribution in [1.82, 2.24) is 14.5 Å². The summed E-state index contributed by atoms with van der Waals surface area (Å²) in [5, 5.41) is 13.5. The second-order valence-electron chi connectivity index (χ2n) is 10.8. The molecule has 0 aliphatic rings. The van der Waals surface area contributed by atoms with E-state index >= 15 is 0 Å². The van der Waals surface area contributed by atoms with Crippen LogP contribution in [0.2, 0.25) is 0 Å². The summed E-state index contributed by atoms with van der Waals surface area (Å²) >= 11 is 0. The summed E-state index contributed by atoms with van der Waals surface area (Å²) < 4.78 is 8.42. The minimum Gasteiger partial charge on any atom is -0.506 e. The fourth-order valence-corrected chi connectivity index (χ4v) is 5.89. The van der Waals surface area contributed by atoms with Crippen LogP contribution in [0.1, 0.15) is 5.56 Å². The third-order valence-electron chi connectivity index (χ3n) is 8.06. The second-order valence-corrected chi connectivity index (χ2v) is 10.8. The van der Waals surface area contributed by atoms with Crippen LogP contribution in [-0.4, -0.2) is 19.6 Å². The largest absolute Gasteiger partial charge is 0.506 e. The molecule has 45 heavy (non-hydrogen) atoms. The number of rotatable bonds is 5. The Kier molecular flexibility index (Phi) is 7.40. The van der Waals surface area contributed by atoms with Gasteiger partial charge in [0.1, 0.15) is 17.1 Å². The Labute approximate surface area is 274 Å². The first-order valence-electron chi connectivity index (χ1n) is 14.5. The number of phenolic OH excluding ortho intramolecular Hbond substituents is 1. The van der Waals surface area contributed by atoms with Crippen molar-refractivity contribution in [2.45, 2.75) is 6.92 Å². The number of pyridine rings is 2. The molecule has 8 rings (SSSR count). The molecule has 0 saturated carbocycles. The van der Waals surface area contributed by atoms with Crippen LogP contribution in [-0.2, 0) is 21.1 Å². The van der Waals surface area contributed by atoms with Gasteiger partial charge in [0.25, 0.3) is 0 Å². The first-order valence-corrected chi connectivity index (χ1v) is 14.5. The normalized spacial score (nSPS) is 11.1. The summed E-state index contributed by atoms with van der Waals surface area (Å²) in [5.41, 5.74) is 7.78. The van der Waals surface area contributed by atoms with Crippen molar-refractivity contribution in [3.05, 3.63) is 145 Å². The minimum absolute atomic E-state index is 0. The molecule has 5 nitrogen and oxygen atoms in total. The van der Waals surface area contributed by atoms with Gasteiger partial charge in [0.15, 0.2) is 0 Å². The van der Waals surface area contributed by atoms with Crippen molar-refractivity contribution in [2.24, 2.45) is 0 Å². The van der Waals surface area contributed by atoms with Gasteiger partial charge >= 0.3 is 0 Å². The van der Waals surface area contributed by atoms with E-state index in [0.717, 1.165) is 60.8 Å². The first-order chi connectivity index (χ1) is 21.6. The fraction of sp³-hybridized carbons (Fsp3) is 0.0256. The molecule has 0 saturated heterocycles. The summed E-state index contributed by atoms with van der Waals surface area (Å²) in [7, 11) is 0. The van der Waals surface area contributed by atoms with Crippen molar-refractivity contribution in [1.29, 1.82) is 0 Å². The molecule has 0 spiro atoms. The summed E-state index contributed by atoms with van der Waals surface area (Å²) in [5.74, 6) is 1.82. The number of aromatic nitrogens is 3. The molecule has 0 fully saturated rings. The third-order valence-corrected chi connectivity index (χ3v) is 8.06. The van der Waals surface area contributed by atoms with Gasteiger partial charge in [-0.1, -0.05) is 90.4 Å². The molecule has 0 amide bonds. The molecule has 0 radical (unpaired) electrons. The molecule has 1 N–H and O–H groups in total. The first kappa shape index (κ1) is 28.5. The summed E-state index contributed by atoms with van der Waals surface area (Å²) in [6, 6.07) is 46.1. The standard InChI is InChI=1S/C39H26N3O2.Pt/c1-25-21-38(41-39-31(25)13-8-14-36(39)43)44-30-17-19-33-32-18-15-28(26-9-4-2-5-10-26)22-34(32)42(35(33)23-30)37-20-16-29(24-40-37)27-11-6-3-7-12-27;/h2-22,24,43H,1H3;/q-1;. The Morgan fingerprint density at radius 1 is 0.667 bits per heavy atom. The number of phenols is 1. The van der Waals surface area contributed by atoms with Crippen molar-refractivity contribution in [3.63, 3.8) is 0 Å². The van der Waals surface area contributed by atoms with Crippen LogP contribution in [0.25, 0.3) is 60.8 Å². The molecule has 3 heterocycles. The van der Waals surface area contributed by atoms with Gasteiger partial charge in [0.2, 0.25) is 5.88 Å². The SMILES string of the molecule is Cc1cc(Oc2[c-]c3c(cc2)c2ccc(-c4ccccc4)cc2n3-c2ccc(-c3ccccc3)cn2)nc2c(O)cccc12.[Pt]. The van der Waals surface area contributed by atoms with E-state index in [1.807, 2.05) is 61.7 Å². The average molecular weight is 764 g/mol. The Morgan fingerprint density at radius 3 is 2.11 bits per heavy atom. The van der Waals surface area contributed by atoms with E-state index in [0.29, 0.717) is 17.1 Å². The molecule has 0 aliphatic carbocycles. The maximum atomic E-state index is 10.4. The third kappa shape index (κ3) is 5.16. The van der Waals surface area contributed by atoms with Crippen LogP contribution in [0, 0.1) is 13.0 Å². The zero-order chi connectivity index (χ0) is 29.6. The van der Waals surface area contributed by atoms with Crippen LogP contribution < -0.4 is 4.74 Å². The molecule has 6 heteroatoms. The monoisotopic (exact) mass is 763 g/mol.